The van der Waals surface area contributed by atoms with Gasteiger partial charge in [-0.15, -0.1) is 0 Å². The molecule has 0 bridgehead atoms. The minimum absolute atomic E-state index is 0.0639. The number of ether oxygens (including phenoxy) is 1. The minimum Gasteiger partial charge on any atom is -0.492 e. The summed E-state index contributed by atoms with van der Waals surface area (Å²) in [5.74, 6) is 0.581. The first-order chi connectivity index (χ1) is 13.1. The van der Waals surface area contributed by atoms with E-state index in [0.717, 1.165) is 0 Å². The smallest absolute Gasteiger partial charge is 0.348 e. The molecule has 0 spiro atoms. The predicted molar refractivity (Wildman–Crippen MR) is 106 cm³/mol. The van der Waals surface area contributed by atoms with Crippen LogP contribution in [0.1, 0.15) is 29.8 Å². The van der Waals surface area contributed by atoms with Crippen LogP contribution in [0.5, 0.6) is 5.75 Å². The lowest BCUT2D eigenvalue weighted by Crippen LogP contribution is -2.40. The topological polar surface area (TPSA) is 62.2 Å². The minimum atomic E-state index is -0.378. The molecule has 0 saturated heterocycles. The Morgan fingerprint density at radius 1 is 1.11 bits per heavy atom. The van der Waals surface area contributed by atoms with Gasteiger partial charge in [-0.05, 0) is 32.0 Å². The van der Waals surface area contributed by atoms with Crippen molar-refractivity contribution in [2.75, 3.05) is 31.6 Å². The second-order valence-corrected chi connectivity index (χ2v) is 6.19. The molecule has 2 aromatic rings. The molecule has 0 N–H and O–H groups in total. The highest BCUT2D eigenvalue weighted by Crippen LogP contribution is 2.29. The van der Waals surface area contributed by atoms with Gasteiger partial charge in [-0.25, -0.2) is 4.79 Å². The van der Waals surface area contributed by atoms with Crippen LogP contribution < -0.4 is 9.64 Å². The number of para-hydroxylation sites is 2. The van der Waals surface area contributed by atoms with E-state index in [9.17, 15) is 9.59 Å². The number of nitrogens with zero attached hydrogens (tertiary/aromatic N) is 3. The molecule has 3 amide bonds. The second kappa shape index (κ2) is 8.03. The van der Waals surface area contributed by atoms with Crippen LogP contribution in [0, 0.1) is 0 Å². The normalized spacial score (nSPS) is 14.9. The molecule has 0 fully saturated rings. The van der Waals surface area contributed by atoms with E-state index in [1.807, 2.05) is 56.3 Å². The Hall–Kier alpha value is -3.15. The number of rotatable bonds is 4. The van der Waals surface area contributed by atoms with Gasteiger partial charge in [0.05, 0.1) is 24.6 Å². The molecule has 1 aliphatic heterocycles. The maximum atomic E-state index is 13.0. The lowest BCUT2D eigenvalue weighted by molar-refractivity contribution is 0.0808. The number of benzene rings is 2. The third kappa shape index (κ3) is 3.69. The zero-order chi connectivity index (χ0) is 19.4. The van der Waals surface area contributed by atoms with E-state index in [4.69, 9.17) is 4.74 Å². The molecule has 140 valence electrons. The van der Waals surface area contributed by atoms with E-state index >= 15 is 0 Å². The Kier molecular flexibility index (Phi) is 5.54. The van der Waals surface area contributed by atoms with Gasteiger partial charge in [-0.2, -0.15) is 4.99 Å². The van der Waals surface area contributed by atoms with Crippen LogP contribution in [0.3, 0.4) is 0 Å². The maximum absolute atomic E-state index is 13.0. The van der Waals surface area contributed by atoms with Gasteiger partial charge in [-0.3, -0.25) is 9.69 Å². The summed E-state index contributed by atoms with van der Waals surface area (Å²) in [4.78, 5) is 32.8. The first-order valence-electron chi connectivity index (χ1n) is 9.02. The largest absolute Gasteiger partial charge is 0.492 e. The van der Waals surface area contributed by atoms with Crippen LogP contribution in [-0.2, 0) is 0 Å². The SMILES string of the molecule is CCOc1ccccc1N(CC)C(=O)N=C1CN(C)C(=O)c2ccccc21. The number of anilines is 1. The molecule has 3 rings (SSSR count). The summed E-state index contributed by atoms with van der Waals surface area (Å²) in [5.41, 5.74) is 2.55. The van der Waals surface area contributed by atoms with Gasteiger partial charge in [0.15, 0.2) is 0 Å². The lowest BCUT2D eigenvalue weighted by atomic mass is 9.98. The number of aliphatic imine (C=N–C) groups is 1. The fraction of sp³-hybridized carbons (Fsp3) is 0.286. The highest BCUT2D eigenvalue weighted by Gasteiger charge is 2.27. The number of urea groups is 1. The number of carbonyl (C=O) groups is 2. The van der Waals surface area contributed by atoms with Gasteiger partial charge >= 0.3 is 6.03 Å². The van der Waals surface area contributed by atoms with E-state index in [1.54, 1.807) is 22.9 Å². The van der Waals surface area contributed by atoms with Crippen molar-refractivity contribution in [2.45, 2.75) is 13.8 Å². The molecule has 0 atom stereocenters. The average molecular weight is 365 g/mol. The molecule has 2 aromatic carbocycles. The second-order valence-electron chi connectivity index (χ2n) is 6.19. The van der Waals surface area contributed by atoms with Crippen molar-refractivity contribution in [1.82, 2.24) is 4.90 Å². The number of hydrogen-bond acceptors (Lipinski definition) is 3. The molecule has 0 aliphatic carbocycles. The Morgan fingerprint density at radius 2 is 1.78 bits per heavy atom. The summed E-state index contributed by atoms with van der Waals surface area (Å²) in [6.07, 6.45) is 0. The van der Waals surface area contributed by atoms with Crippen LogP contribution in [-0.4, -0.2) is 49.3 Å². The number of hydrogen-bond donors (Lipinski definition) is 0. The van der Waals surface area contributed by atoms with Crippen LogP contribution in [0.25, 0.3) is 0 Å². The van der Waals surface area contributed by atoms with Crippen molar-refractivity contribution in [3.8, 4) is 5.75 Å². The predicted octanol–water partition coefficient (Wildman–Crippen LogP) is 3.61. The van der Waals surface area contributed by atoms with Gasteiger partial charge in [0.2, 0.25) is 0 Å². The van der Waals surface area contributed by atoms with Gasteiger partial charge in [-0.1, -0.05) is 30.3 Å². The van der Waals surface area contributed by atoms with Crippen LogP contribution >= 0.6 is 0 Å². The zero-order valence-electron chi connectivity index (χ0n) is 15.8. The Labute approximate surface area is 159 Å². The Bertz CT molecular complexity index is 892. The molecule has 0 aromatic heterocycles. The third-order valence-electron chi connectivity index (χ3n) is 4.44. The van der Waals surface area contributed by atoms with E-state index in [0.29, 0.717) is 48.0 Å². The number of carbonyl (C=O) groups excluding carboxylic acids is 2. The van der Waals surface area contributed by atoms with Crippen molar-refractivity contribution >= 4 is 23.3 Å². The highest BCUT2D eigenvalue weighted by atomic mass is 16.5. The summed E-state index contributed by atoms with van der Waals surface area (Å²) in [7, 11) is 1.71. The van der Waals surface area contributed by atoms with Crippen molar-refractivity contribution in [2.24, 2.45) is 4.99 Å². The maximum Gasteiger partial charge on any atom is 0.348 e. The first kappa shape index (κ1) is 18.6. The summed E-state index contributed by atoms with van der Waals surface area (Å²) in [6, 6.07) is 14.3. The quantitative estimate of drug-likeness (QED) is 0.832. The zero-order valence-corrected chi connectivity index (χ0v) is 15.8. The van der Waals surface area contributed by atoms with Gasteiger partial charge in [0.25, 0.3) is 5.91 Å². The molecule has 0 saturated carbocycles. The van der Waals surface area contributed by atoms with Crippen molar-refractivity contribution < 1.29 is 14.3 Å². The first-order valence-corrected chi connectivity index (χ1v) is 9.02. The van der Waals surface area contributed by atoms with Crippen LogP contribution in [0.15, 0.2) is 53.5 Å². The van der Waals surface area contributed by atoms with Crippen LogP contribution in [0.2, 0.25) is 0 Å². The Morgan fingerprint density at radius 3 is 2.48 bits per heavy atom. The lowest BCUT2D eigenvalue weighted by Gasteiger charge is -2.27. The summed E-state index contributed by atoms with van der Waals surface area (Å²) in [5, 5.41) is 0. The molecule has 1 heterocycles. The standard InChI is InChI=1S/C21H23N3O3/c1-4-24(18-12-8-9-13-19(18)27-5-2)21(26)22-17-14-23(3)20(25)16-11-7-6-10-15(16)17/h6-13H,4-5,14H2,1-3H3. The van der Waals surface area contributed by atoms with E-state index < -0.39 is 0 Å². The van der Waals surface area contributed by atoms with Gasteiger partial charge in [0, 0.05) is 24.7 Å². The van der Waals surface area contributed by atoms with E-state index in [-0.39, 0.29) is 11.9 Å². The fourth-order valence-electron chi connectivity index (χ4n) is 3.15. The molecule has 6 nitrogen and oxygen atoms in total. The third-order valence-corrected chi connectivity index (χ3v) is 4.44. The van der Waals surface area contributed by atoms with Crippen LogP contribution in [0.4, 0.5) is 10.5 Å². The molecular weight excluding hydrogens is 342 g/mol. The number of likely N-dealkylation sites (N-methyl/N-ethyl adjacent to an activating group) is 1. The van der Waals surface area contributed by atoms with Gasteiger partial charge in [0.1, 0.15) is 5.75 Å². The number of fused-ring (bicyclic) bond motifs is 1. The Balaban J connectivity index is 1.98. The highest BCUT2D eigenvalue weighted by molar-refractivity contribution is 6.19. The molecule has 27 heavy (non-hydrogen) atoms. The molecule has 0 radical (unpaired) electrons. The monoisotopic (exact) mass is 365 g/mol. The summed E-state index contributed by atoms with van der Waals surface area (Å²) >= 11 is 0. The van der Waals surface area contributed by atoms with E-state index in [2.05, 4.69) is 4.99 Å². The molecular formula is C21H23N3O3. The molecule has 1 aliphatic rings. The molecule has 0 unspecified atom stereocenters. The van der Waals surface area contributed by atoms with E-state index in [1.165, 1.54) is 0 Å². The number of amides is 3. The van der Waals surface area contributed by atoms with Crippen molar-refractivity contribution in [3.05, 3.63) is 59.7 Å². The van der Waals surface area contributed by atoms with Gasteiger partial charge < -0.3 is 9.64 Å². The fourth-order valence-corrected chi connectivity index (χ4v) is 3.15. The van der Waals surface area contributed by atoms with Crippen molar-refractivity contribution in [1.29, 1.82) is 0 Å². The molecule has 6 heteroatoms. The summed E-state index contributed by atoms with van der Waals surface area (Å²) in [6.45, 7) is 5.06. The summed E-state index contributed by atoms with van der Waals surface area (Å²) < 4.78 is 5.65. The average Bonchev–Trinajstić information content (AvgIpc) is 2.68. The van der Waals surface area contributed by atoms with Crippen molar-refractivity contribution in [3.63, 3.8) is 0 Å².